The zero-order valence-corrected chi connectivity index (χ0v) is 14.3. The lowest BCUT2D eigenvalue weighted by Crippen LogP contribution is -2.37. The predicted molar refractivity (Wildman–Crippen MR) is 92.5 cm³/mol. The molecule has 24 heavy (non-hydrogen) atoms. The second-order valence-corrected chi connectivity index (χ2v) is 8.48. The van der Waals surface area contributed by atoms with Gasteiger partial charge < -0.3 is 11.1 Å². The molecule has 2 fully saturated rings. The number of hydrogen-bond acceptors (Lipinski definition) is 5. The van der Waals surface area contributed by atoms with Gasteiger partial charge in [-0.2, -0.15) is 4.99 Å². The van der Waals surface area contributed by atoms with Crippen LogP contribution in [-0.4, -0.2) is 28.0 Å². The smallest absolute Gasteiger partial charge is 0.268 e. The van der Waals surface area contributed by atoms with Crippen molar-refractivity contribution in [2.45, 2.75) is 43.4 Å². The van der Waals surface area contributed by atoms with Crippen molar-refractivity contribution in [2.75, 3.05) is 0 Å². The normalized spacial score (nSPS) is 34.5. The van der Waals surface area contributed by atoms with Gasteiger partial charge in [0.25, 0.3) is 11.8 Å². The molecule has 4 atom stereocenters. The highest BCUT2D eigenvalue weighted by Crippen LogP contribution is 2.46. The van der Waals surface area contributed by atoms with Crippen LogP contribution >= 0.6 is 11.8 Å². The second-order valence-electron chi connectivity index (χ2n) is 7.08. The monoisotopic (exact) mass is 344 g/mol. The van der Waals surface area contributed by atoms with Crippen LogP contribution in [0.4, 0.5) is 0 Å². The molecule has 0 aromatic carbocycles. The van der Waals surface area contributed by atoms with Crippen LogP contribution in [0.2, 0.25) is 0 Å². The van der Waals surface area contributed by atoms with Crippen molar-refractivity contribution in [1.82, 2.24) is 10.3 Å². The number of carbonyl (C=O) groups is 2. The fraction of sp³-hybridized carbons (Fsp3) is 0.529. The lowest BCUT2D eigenvalue weighted by Gasteiger charge is -2.25. The van der Waals surface area contributed by atoms with Gasteiger partial charge in [0.2, 0.25) is 0 Å². The first kappa shape index (κ1) is 15.6. The van der Waals surface area contributed by atoms with Crippen molar-refractivity contribution in [2.24, 2.45) is 22.6 Å². The largest absolute Gasteiger partial charge is 0.364 e. The lowest BCUT2D eigenvalue weighted by molar-refractivity contribution is -0.119. The van der Waals surface area contributed by atoms with Crippen LogP contribution in [0.5, 0.6) is 0 Å². The van der Waals surface area contributed by atoms with Gasteiger partial charge in [0.15, 0.2) is 5.17 Å². The summed E-state index contributed by atoms with van der Waals surface area (Å²) in [5.74, 6) is 0.736. The highest BCUT2D eigenvalue weighted by atomic mass is 32.2. The molecule has 6 nitrogen and oxygen atoms in total. The predicted octanol–water partition coefficient (Wildman–Crippen LogP) is 1.80. The molecule has 2 amide bonds. The minimum Gasteiger partial charge on any atom is -0.364 e. The number of nitrogens with zero attached hydrogens (tertiary/aromatic N) is 2. The van der Waals surface area contributed by atoms with Gasteiger partial charge in [0, 0.05) is 12.2 Å². The fourth-order valence-corrected chi connectivity index (χ4v) is 5.25. The first-order valence-corrected chi connectivity index (χ1v) is 9.12. The van der Waals surface area contributed by atoms with Gasteiger partial charge in [-0.15, -0.1) is 0 Å². The number of hydrogen-bond donors (Lipinski definition) is 2. The molecule has 126 valence electrons. The molecule has 2 saturated carbocycles. The minimum absolute atomic E-state index is 0.164. The highest BCUT2D eigenvalue weighted by Gasteiger charge is 2.45. The number of aromatic nitrogens is 1. The third-order valence-corrected chi connectivity index (χ3v) is 6.74. The number of amides is 2. The molecule has 0 saturated heterocycles. The number of nitrogens with one attached hydrogen (secondary N) is 1. The molecule has 1 aromatic heterocycles. The van der Waals surface area contributed by atoms with Crippen LogP contribution in [0.1, 0.15) is 48.7 Å². The SMILES string of the molecule is CC1(c2ccnc(C(N)=O)c2)SC(NC2CC3CCC2C3)=NC1=O. The van der Waals surface area contributed by atoms with E-state index in [2.05, 4.69) is 15.3 Å². The van der Waals surface area contributed by atoms with Crippen LogP contribution < -0.4 is 11.1 Å². The van der Waals surface area contributed by atoms with Crippen LogP contribution in [0.15, 0.2) is 23.3 Å². The maximum atomic E-state index is 12.5. The third kappa shape index (κ3) is 2.51. The molecule has 3 N–H and O–H groups in total. The highest BCUT2D eigenvalue weighted by molar-refractivity contribution is 8.15. The number of rotatable bonds is 3. The quantitative estimate of drug-likeness (QED) is 0.871. The molecule has 0 radical (unpaired) electrons. The van der Waals surface area contributed by atoms with E-state index < -0.39 is 10.7 Å². The van der Waals surface area contributed by atoms with Gasteiger partial charge in [0.05, 0.1) is 0 Å². The summed E-state index contributed by atoms with van der Waals surface area (Å²) in [6.45, 7) is 1.83. The number of pyridine rings is 1. The Labute approximate surface area is 144 Å². The maximum absolute atomic E-state index is 12.5. The van der Waals surface area contributed by atoms with Crippen LogP contribution in [-0.2, 0) is 9.54 Å². The Morgan fingerprint density at radius 3 is 2.92 bits per heavy atom. The molecule has 7 heteroatoms. The van der Waals surface area contributed by atoms with E-state index in [0.717, 1.165) is 5.92 Å². The summed E-state index contributed by atoms with van der Waals surface area (Å²) in [5.41, 5.74) is 6.16. The van der Waals surface area contributed by atoms with Crippen LogP contribution in [0.25, 0.3) is 0 Å². The van der Waals surface area contributed by atoms with Crippen molar-refractivity contribution in [1.29, 1.82) is 0 Å². The van der Waals surface area contributed by atoms with E-state index in [1.807, 2.05) is 6.92 Å². The van der Waals surface area contributed by atoms with Crippen molar-refractivity contribution in [3.05, 3.63) is 29.6 Å². The van der Waals surface area contributed by atoms with E-state index in [4.69, 9.17) is 5.73 Å². The Hall–Kier alpha value is -1.89. The molecule has 0 spiro atoms. The van der Waals surface area contributed by atoms with Gasteiger partial charge in [-0.25, -0.2) is 0 Å². The summed E-state index contributed by atoms with van der Waals surface area (Å²) in [7, 11) is 0. The molecule has 2 bridgehead atoms. The summed E-state index contributed by atoms with van der Waals surface area (Å²) in [6.07, 6.45) is 6.60. The Bertz CT molecular complexity index is 750. The zero-order valence-electron chi connectivity index (χ0n) is 13.5. The third-order valence-electron chi connectivity index (χ3n) is 5.52. The standard InChI is InChI=1S/C17H20N4O2S/c1-17(11-4-5-19-13(8-11)14(18)22)15(23)21-16(24-17)20-12-7-9-2-3-10(12)6-9/h4-5,8-10,12H,2-3,6-7H2,1H3,(H2,18,22)(H,20,21,23). The molecule has 3 aliphatic rings. The molecule has 1 aromatic rings. The van der Waals surface area contributed by atoms with E-state index in [-0.39, 0.29) is 11.6 Å². The fourth-order valence-electron chi connectivity index (χ4n) is 4.14. The zero-order chi connectivity index (χ0) is 16.9. The summed E-state index contributed by atoms with van der Waals surface area (Å²) in [6, 6.07) is 3.76. The van der Waals surface area contributed by atoms with Gasteiger partial charge in [-0.1, -0.05) is 18.2 Å². The van der Waals surface area contributed by atoms with E-state index in [0.29, 0.717) is 22.7 Å². The lowest BCUT2D eigenvalue weighted by atomic mass is 9.96. The first-order valence-electron chi connectivity index (χ1n) is 8.31. The molecule has 4 rings (SSSR count). The van der Waals surface area contributed by atoms with Crippen molar-refractivity contribution < 1.29 is 9.59 Å². The van der Waals surface area contributed by atoms with E-state index in [1.165, 1.54) is 43.6 Å². The molecule has 4 unspecified atom stereocenters. The van der Waals surface area contributed by atoms with Crippen molar-refractivity contribution >= 4 is 28.7 Å². The topological polar surface area (TPSA) is 97.4 Å². The maximum Gasteiger partial charge on any atom is 0.268 e. The van der Waals surface area contributed by atoms with Crippen molar-refractivity contribution in [3.8, 4) is 0 Å². The number of amidine groups is 1. The van der Waals surface area contributed by atoms with E-state index in [1.54, 1.807) is 12.1 Å². The number of thioether (sulfide) groups is 1. The molecular formula is C17H20N4O2S. The summed E-state index contributed by atoms with van der Waals surface area (Å²) in [4.78, 5) is 32.1. The van der Waals surface area contributed by atoms with Gasteiger partial charge in [0.1, 0.15) is 10.4 Å². The molecule has 2 heterocycles. The van der Waals surface area contributed by atoms with Gasteiger partial charge >= 0.3 is 0 Å². The van der Waals surface area contributed by atoms with Gasteiger partial charge in [-0.3, -0.25) is 14.6 Å². The average molecular weight is 344 g/mol. The average Bonchev–Trinajstić information content (AvgIpc) is 3.24. The van der Waals surface area contributed by atoms with Crippen LogP contribution in [0.3, 0.4) is 0 Å². The number of carbonyl (C=O) groups excluding carboxylic acids is 2. The summed E-state index contributed by atoms with van der Waals surface area (Å²) < 4.78 is -0.840. The van der Waals surface area contributed by atoms with E-state index in [9.17, 15) is 9.59 Å². The number of nitrogens with two attached hydrogens (primary N) is 1. The van der Waals surface area contributed by atoms with E-state index >= 15 is 0 Å². The number of aliphatic imine (C=N–C) groups is 1. The second kappa shape index (κ2) is 5.58. The Balaban J connectivity index is 1.52. The number of primary amides is 1. The number of fused-ring (bicyclic) bond motifs is 2. The molecule has 2 aliphatic carbocycles. The summed E-state index contributed by atoms with van der Waals surface area (Å²) >= 11 is 1.42. The molecule has 1 aliphatic heterocycles. The van der Waals surface area contributed by atoms with Crippen LogP contribution in [0, 0.1) is 11.8 Å². The Kier molecular flexibility index (Phi) is 3.63. The van der Waals surface area contributed by atoms with Crippen molar-refractivity contribution in [3.63, 3.8) is 0 Å². The molecular weight excluding hydrogens is 324 g/mol. The Morgan fingerprint density at radius 2 is 2.25 bits per heavy atom. The minimum atomic E-state index is -0.840. The summed E-state index contributed by atoms with van der Waals surface area (Å²) in [5, 5.41) is 4.18. The first-order chi connectivity index (χ1) is 11.5. The van der Waals surface area contributed by atoms with Gasteiger partial charge in [-0.05, 0) is 55.7 Å². The Morgan fingerprint density at radius 1 is 1.42 bits per heavy atom.